The maximum atomic E-state index is 12.4. The van der Waals surface area contributed by atoms with Gasteiger partial charge in [0.1, 0.15) is 15.5 Å². The second kappa shape index (κ2) is 7.87. The van der Waals surface area contributed by atoms with E-state index in [1.807, 2.05) is 18.9 Å². The fraction of sp³-hybridized carbons (Fsp3) is 0.562. The summed E-state index contributed by atoms with van der Waals surface area (Å²) in [5.74, 6) is 0.0806. The molecule has 0 bridgehead atoms. The number of hydrogen-bond donors (Lipinski definition) is 2. The van der Waals surface area contributed by atoms with Gasteiger partial charge in [0, 0.05) is 6.54 Å². The van der Waals surface area contributed by atoms with Crippen molar-refractivity contribution in [3.8, 4) is 0 Å². The van der Waals surface area contributed by atoms with Crippen LogP contribution in [0.15, 0.2) is 4.79 Å². The van der Waals surface area contributed by atoms with Gasteiger partial charge >= 0.3 is 5.97 Å². The molecule has 0 saturated heterocycles. The fourth-order valence-corrected chi connectivity index (χ4v) is 3.56. The van der Waals surface area contributed by atoms with Crippen molar-refractivity contribution in [2.24, 2.45) is 0 Å². The lowest BCUT2D eigenvalue weighted by Crippen LogP contribution is -2.29. The molecule has 7 nitrogen and oxygen atoms in total. The Morgan fingerprint density at radius 3 is 2.79 bits per heavy atom. The molecule has 0 fully saturated rings. The molecule has 0 radical (unpaired) electrons. The van der Waals surface area contributed by atoms with Gasteiger partial charge in [-0.2, -0.15) is 0 Å². The third-order valence-electron chi connectivity index (χ3n) is 3.72. The van der Waals surface area contributed by atoms with Crippen LogP contribution in [0.2, 0.25) is 0 Å². The van der Waals surface area contributed by atoms with E-state index in [2.05, 4.69) is 9.97 Å². The number of rotatable bonds is 7. The van der Waals surface area contributed by atoms with Gasteiger partial charge in [0.15, 0.2) is 0 Å². The molecule has 1 atom stereocenters. The number of esters is 1. The third-order valence-corrected chi connectivity index (χ3v) is 4.89. The summed E-state index contributed by atoms with van der Waals surface area (Å²) in [4.78, 5) is 34.4. The number of H-pyrrole nitrogens is 1. The maximum absolute atomic E-state index is 12.4. The summed E-state index contributed by atoms with van der Waals surface area (Å²) in [6.07, 6.45) is 0.255. The first-order chi connectivity index (χ1) is 11.4. The van der Waals surface area contributed by atoms with Gasteiger partial charge in [-0.1, -0.05) is 6.92 Å². The van der Waals surface area contributed by atoms with E-state index in [0.29, 0.717) is 46.0 Å². The number of aryl methyl sites for hydroxylation is 1. The molecule has 2 N–H and O–H groups in total. The third kappa shape index (κ3) is 4.00. The van der Waals surface area contributed by atoms with Crippen LogP contribution in [0.3, 0.4) is 0 Å². The van der Waals surface area contributed by atoms with Crippen molar-refractivity contribution in [3.63, 3.8) is 0 Å². The monoisotopic (exact) mass is 353 g/mol. The Balaban J connectivity index is 2.32. The number of ether oxygens (including phenoxy) is 1. The Kier molecular flexibility index (Phi) is 6.09. The van der Waals surface area contributed by atoms with Crippen molar-refractivity contribution >= 4 is 27.5 Å². The topological polar surface area (TPSA) is 95.5 Å². The quantitative estimate of drug-likeness (QED) is 0.735. The zero-order chi connectivity index (χ0) is 17.9. The molecule has 0 saturated carbocycles. The summed E-state index contributed by atoms with van der Waals surface area (Å²) in [6, 6.07) is 0. The van der Waals surface area contributed by atoms with Gasteiger partial charge in [-0.25, -0.2) is 9.78 Å². The van der Waals surface area contributed by atoms with E-state index in [1.54, 1.807) is 13.8 Å². The molecule has 8 heteroatoms. The van der Waals surface area contributed by atoms with Crippen molar-refractivity contribution in [1.82, 2.24) is 14.9 Å². The minimum Gasteiger partial charge on any atom is -0.462 e. The number of carbonyl (C=O) groups is 1. The van der Waals surface area contributed by atoms with Crippen molar-refractivity contribution in [3.05, 3.63) is 26.6 Å². The fourth-order valence-electron chi connectivity index (χ4n) is 2.46. The molecule has 0 aromatic carbocycles. The molecule has 24 heavy (non-hydrogen) atoms. The number of aliphatic hydroxyl groups is 1. The molecular weight excluding hydrogens is 330 g/mol. The molecule has 0 aliphatic heterocycles. The Morgan fingerprint density at radius 1 is 1.46 bits per heavy atom. The SMILES string of the molecule is CCOC(=O)c1sc2nc(CN(C)CC(O)CC)[nH]c(=O)c2c1C. The van der Waals surface area contributed by atoms with E-state index in [9.17, 15) is 14.7 Å². The first kappa shape index (κ1) is 18.6. The lowest BCUT2D eigenvalue weighted by atomic mass is 10.2. The van der Waals surface area contributed by atoms with E-state index in [4.69, 9.17) is 4.74 Å². The Bertz CT molecular complexity index is 783. The highest BCUT2D eigenvalue weighted by atomic mass is 32.1. The highest BCUT2D eigenvalue weighted by molar-refractivity contribution is 7.20. The number of thiophene rings is 1. The molecule has 0 spiro atoms. The molecule has 1 unspecified atom stereocenters. The summed E-state index contributed by atoms with van der Waals surface area (Å²) in [7, 11) is 1.85. The van der Waals surface area contributed by atoms with Gasteiger partial charge < -0.3 is 14.8 Å². The molecular formula is C16H23N3O4S. The number of aromatic nitrogens is 2. The number of carbonyl (C=O) groups excluding carboxylic acids is 1. The van der Waals surface area contributed by atoms with E-state index in [-0.39, 0.29) is 12.2 Å². The largest absolute Gasteiger partial charge is 0.462 e. The number of nitrogens with zero attached hydrogens (tertiary/aromatic N) is 2. The number of aromatic amines is 1. The second-order valence-electron chi connectivity index (χ2n) is 5.73. The normalized spacial score (nSPS) is 12.8. The van der Waals surface area contributed by atoms with E-state index in [0.717, 1.165) is 0 Å². The molecule has 2 rings (SSSR count). The zero-order valence-corrected chi connectivity index (χ0v) is 15.2. The number of hydrogen-bond acceptors (Lipinski definition) is 7. The lowest BCUT2D eigenvalue weighted by Gasteiger charge is -2.18. The summed E-state index contributed by atoms with van der Waals surface area (Å²) < 4.78 is 5.02. The van der Waals surface area contributed by atoms with Crippen molar-refractivity contribution in [2.45, 2.75) is 39.8 Å². The Hall–Kier alpha value is -1.77. The lowest BCUT2D eigenvalue weighted by molar-refractivity contribution is 0.0531. The Labute approximate surface area is 144 Å². The first-order valence-electron chi connectivity index (χ1n) is 7.93. The van der Waals surface area contributed by atoms with Crippen molar-refractivity contribution in [1.29, 1.82) is 0 Å². The van der Waals surface area contributed by atoms with Crippen LogP contribution >= 0.6 is 11.3 Å². The van der Waals surface area contributed by atoms with Crippen LogP contribution in [-0.4, -0.2) is 52.2 Å². The highest BCUT2D eigenvalue weighted by Crippen LogP contribution is 2.27. The molecule has 2 aromatic heterocycles. The van der Waals surface area contributed by atoms with E-state index >= 15 is 0 Å². The molecule has 132 valence electrons. The number of likely N-dealkylation sites (N-methyl/N-ethyl adjacent to an activating group) is 1. The smallest absolute Gasteiger partial charge is 0.348 e. The minimum atomic E-state index is -0.429. The molecule has 2 heterocycles. The molecule has 0 amide bonds. The predicted molar refractivity (Wildman–Crippen MR) is 93.6 cm³/mol. The summed E-state index contributed by atoms with van der Waals surface area (Å²) >= 11 is 1.17. The predicted octanol–water partition coefficient (Wildman–Crippen LogP) is 1.67. The van der Waals surface area contributed by atoms with E-state index < -0.39 is 12.1 Å². The van der Waals surface area contributed by atoms with Gasteiger partial charge in [-0.05, 0) is 32.9 Å². The van der Waals surface area contributed by atoms with Gasteiger partial charge in [-0.15, -0.1) is 11.3 Å². The standard InChI is InChI=1S/C16H23N3O4S/c1-5-10(20)7-19(4)8-11-17-14(21)12-9(3)13(16(22)23-6-2)24-15(12)18-11/h10,20H,5-8H2,1-4H3,(H,17,18,21). The van der Waals surface area contributed by atoms with Crippen LogP contribution < -0.4 is 5.56 Å². The summed E-state index contributed by atoms with van der Waals surface area (Å²) in [5.41, 5.74) is 0.340. The minimum absolute atomic E-state index is 0.260. The van der Waals surface area contributed by atoms with Crippen LogP contribution in [0.4, 0.5) is 0 Å². The van der Waals surface area contributed by atoms with Crippen LogP contribution in [0, 0.1) is 6.92 Å². The summed E-state index contributed by atoms with van der Waals surface area (Å²) in [5, 5.41) is 10.1. The first-order valence-corrected chi connectivity index (χ1v) is 8.75. The Morgan fingerprint density at radius 2 is 2.17 bits per heavy atom. The average Bonchev–Trinajstić information content (AvgIpc) is 2.84. The summed E-state index contributed by atoms with van der Waals surface area (Å²) in [6.45, 7) is 6.57. The second-order valence-corrected chi connectivity index (χ2v) is 6.73. The molecule has 0 aliphatic carbocycles. The van der Waals surface area contributed by atoms with Crippen molar-refractivity contribution in [2.75, 3.05) is 20.2 Å². The maximum Gasteiger partial charge on any atom is 0.348 e. The molecule has 2 aromatic rings. The van der Waals surface area contributed by atoms with Gasteiger partial charge in [0.05, 0.1) is 24.6 Å². The van der Waals surface area contributed by atoms with Crippen molar-refractivity contribution < 1.29 is 14.6 Å². The number of fused-ring (bicyclic) bond motifs is 1. The molecule has 0 aliphatic rings. The zero-order valence-electron chi connectivity index (χ0n) is 14.4. The number of aliphatic hydroxyl groups excluding tert-OH is 1. The van der Waals surface area contributed by atoms with Crippen LogP contribution in [0.5, 0.6) is 0 Å². The van der Waals surface area contributed by atoms with Gasteiger partial charge in [-0.3, -0.25) is 9.69 Å². The van der Waals surface area contributed by atoms with E-state index in [1.165, 1.54) is 11.3 Å². The average molecular weight is 353 g/mol. The van der Waals surface area contributed by atoms with Crippen LogP contribution in [-0.2, 0) is 11.3 Å². The van der Waals surface area contributed by atoms with Crippen LogP contribution in [0.25, 0.3) is 10.2 Å². The number of nitrogens with one attached hydrogen (secondary N) is 1. The highest BCUT2D eigenvalue weighted by Gasteiger charge is 2.20. The van der Waals surface area contributed by atoms with Gasteiger partial charge in [0.25, 0.3) is 5.56 Å². The van der Waals surface area contributed by atoms with Crippen LogP contribution in [0.1, 0.15) is 41.3 Å². The van der Waals surface area contributed by atoms with Gasteiger partial charge in [0.2, 0.25) is 0 Å².